The molecule has 0 aliphatic carbocycles. The lowest BCUT2D eigenvalue weighted by atomic mass is 9.84. The summed E-state index contributed by atoms with van der Waals surface area (Å²) in [7, 11) is 0. The van der Waals surface area contributed by atoms with Crippen molar-refractivity contribution in [2.75, 3.05) is 25.1 Å². The molecule has 0 amide bonds. The van der Waals surface area contributed by atoms with Crippen molar-refractivity contribution in [1.29, 1.82) is 0 Å². The summed E-state index contributed by atoms with van der Waals surface area (Å²) in [5.41, 5.74) is 2.88. The molecular formula is C18H24N4O2. The summed E-state index contributed by atoms with van der Waals surface area (Å²) in [6, 6.07) is 2.44. The van der Waals surface area contributed by atoms with E-state index in [1.807, 2.05) is 6.92 Å². The highest BCUT2D eigenvalue weighted by atomic mass is 16.5. The van der Waals surface area contributed by atoms with Crippen molar-refractivity contribution in [1.82, 2.24) is 15.0 Å². The molecule has 1 spiro atoms. The Kier molecular flexibility index (Phi) is 4.10. The molecule has 1 N–H and O–H groups in total. The number of anilines is 1. The normalized spacial score (nSPS) is 23.5. The Hall–Kier alpha value is -1.79. The Labute approximate surface area is 142 Å². The smallest absolute Gasteiger partial charge is 0.165 e. The highest BCUT2D eigenvalue weighted by Crippen LogP contribution is 2.35. The Morgan fingerprint density at radius 3 is 2.83 bits per heavy atom. The standard InChI is InChI=1S/C18H24N4O2/c1-12-9-13(2)21-16-15(12)17(20-11-19-16)22-14-3-6-24-18(10-14)4-7-23-8-5-18/h9,11,14H,3-8,10H2,1-2H3,(H,19,20,21,22). The van der Waals surface area contributed by atoms with E-state index in [-0.39, 0.29) is 5.60 Å². The van der Waals surface area contributed by atoms with Crippen LogP contribution in [-0.2, 0) is 9.47 Å². The third-order valence-electron chi connectivity index (χ3n) is 5.17. The average molecular weight is 328 g/mol. The number of nitrogens with one attached hydrogen (secondary N) is 1. The number of ether oxygens (including phenoxy) is 2. The van der Waals surface area contributed by atoms with E-state index < -0.39 is 0 Å². The minimum atomic E-state index is -0.0269. The lowest BCUT2D eigenvalue weighted by Gasteiger charge is -2.43. The van der Waals surface area contributed by atoms with E-state index in [1.54, 1.807) is 6.33 Å². The van der Waals surface area contributed by atoms with Crippen LogP contribution in [-0.4, -0.2) is 46.4 Å². The summed E-state index contributed by atoms with van der Waals surface area (Å²) in [4.78, 5) is 13.4. The Bertz CT molecular complexity index is 738. The Morgan fingerprint density at radius 1 is 1.17 bits per heavy atom. The first-order valence-electron chi connectivity index (χ1n) is 8.72. The Morgan fingerprint density at radius 2 is 2.00 bits per heavy atom. The molecule has 4 heterocycles. The Balaban J connectivity index is 1.60. The van der Waals surface area contributed by atoms with Gasteiger partial charge in [-0.1, -0.05) is 0 Å². The van der Waals surface area contributed by atoms with Crippen LogP contribution in [0.1, 0.15) is 36.9 Å². The van der Waals surface area contributed by atoms with Crippen molar-refractivity contribution in [2.24, 2.45) is 0 Å². The summed E-state index contributed by atoms with van der Waals surface area (Å²) in [5.74, 6) is 0.888. The van der Waals surface area contributed by atoms with Crippen molar-refractivity contribution in [2.45, 2.75) is 51.2 Å². The maximum Gasteiger partial charge on any atom is 0.165 e. The van der Waals surface area contributed by atoms with Gasteiger partial charge in [0.05, 0.1) is 11.0 Å². The molecule has 2 saturated heterocycles. The maximum atomic E-state index is 6.14. The number of rotatable bonds is 2. The van der Waals surface area contributed by atoms with Gasteiger partial charge in [-0.2, -0.15) is 0 Å². The van der Waals surface area contributed by atoms with Gasteiger partial charge >= 0.3 is 0 Å². The summed E-state index contributed by atoms with van der Waals surface area (Å²) in [6.07, 6.45) is 5.55. The zero-order chi connectivity index (χ0) is 16.6. The number of hydrogen-bond acceptors (Lipinski definition) is 6. The number of pyridine rings is 1. The molecular weight excluding hydrogens is 304 g/mol. The van der Waals surface area contributed by atoms with Crippen LogP contribution in [0.5, 0.6) is 0 Å². The minimum Gasteiger partial charge on any atom is -0.381 e. The summed E-state index contributed by atoms with van der Waals surface area (Å²) in [5, 5.41) is 4.67. The third kappa shape index (κ3) is 2.96. The monoisotopic (exact) mass is 328 g/mol. The van der Waals surface area contributed by atoms with E-state index >= 15 is 0 Å². The van der Waals surface area contributed by atoms with Gasteiger partial charge in [0.1, 0.15) is 12.1 Å². The zero-order valence-electron chi connectivity index (χ0n) is 14.3. The fourth-order valence-electron chi connectivity index (χ4n) is 3.95. The lowest BCUT2D eigenvalue weighted by Crippen LogP contribution is -2.47. The van der Waals surface area contributed by atoms with Crippen molar-refractivity contribution in [3.8, 4) is 0 Å². The largest absolute Gasteiger partial charge is 0.381 e. The number of aromatic nitrogens is 3. The van der Waals surface area contributed by atoms with Crippen LogP contribution in [0.3, 0.4) is 0 Å². The minimum absolute atomic E-state index is 0.0269. The maximum absolute atomic E-state index is 6.14. The fourth-order valence-corrected chi connectivity index (χ4v) is 3.95. The van der Waals surface area contributed by atoms with Gasteiger partial charge in [-0.3, -0.25) is 0 Å². The first-order chi connectivity index (χ1) is 11.7. The number of nitrogens with zero attached hydrogens (tertiary/aromatic N) is 3. The molecule has 2 aliphatic rings. The molecule has 2 aromatic rings. The van der Waals surface area contributed by atoms with Gasteiger partial charge in [0.15, 0.2) is 5.65 Å². The number of hydrogen-bond donors (Lipinski definition) is 1. The highest BCUT2D eigenvalue weighted by molar-refractivity contribution is 5.89. The first-order valence-corrected chi connectivity index (χ1v) is 8.72. The second-order valence-electron chi connectivity index (χ2n) is 6.98. The van der Waals surface area contributed by atoms with Crippen LogP contribution < -0.4 is 5.32 Å². The predicted octanol–water partition coefficient (Wildman–Crippen LogP) is 2.78. The number of fused-ring (bicyclic) bond motifs is 1. The molecule has 2 aliphatic heterocycles. The lowest BCUT2D eigenvalue weighted by molar-refractivity contribution is -0.135. The molecule has 4 rings (SSSR count). The first kappa shape index (κ1) is 15.7. The molecule has 0 radical (unpaired) electrons. The number of aryl methyl sites for hydroxylation is 2. The van der Waals surface area contributed by atoms with Crippen molar-refractivity contribution >= 4 is 16.9 Å². The molecule has 6 heteroatoms. The van der Waals surface area contributed by atoms with Crippen molar-refractivity contribution in [3.05, 3.63) is 23.7 Å². The molecule has 2 aromatic heterocycles. The SMILES string of the molecule is Cc1cc(C)c2c(NC3CCOC4(CCOCC4)C3)ncnc2n1. The quantitative estimate of drug-likeness (QED) is 0.914. The molecule has 0 aromatic carbocycles. The third-order valence-corrected chi connectivity index (χ3v) is 5.17. The van der Waals surface area contributed by atoms with E-state index in [0.717, 1.165) is 73.6 Å². The van der Waals surface area contributed by atoms with E-state index in [0.29, 0.717) is 6.04 Å². The molecule has 6 nitrogen and oxygen atoms in total. The molecule has 0 bridgehead atoms. The highest BCUT2D eigenvalue weighted by Gasteiger charge is 2.39. The van der Waals surface area contributed by atoms with Crippen LogP contribution in [0.25, 0.3) is 11.0 Å². The average Bonchev–Trinajstić information content (AvgIpc) is 2.55. The summed E-state index contributed by atoms with van der Waals surface area (Å²) in [6.45, 7) is 6.47. The van der Waals surface area contributed by atoms with Crippen molar-refractivity contribution < 1.29 is 9.47 Å². The fraction of sp³-hybridized carbons (Fsp3) is 0.611. The molecule has 1 unspecified atom stereocenters. The zero-order valence-corrected chi connectivity index (χ0v) is 14.3. The van der Waals surface area contributed by atoms with Crippen molar-refractivity contribution in [3.63, 3.8) is 0 Å². The van der Waals surface area contributed by atoms with Crippen LogP contribution in [0.4, 0.5) is 5.82 Å². The van der Waals surface area contributed by atoms with Gasteiger partial charge in [-0.05, 0) is 51.2 Å². The van der Waals surface area contributed by atoms with E-state index in [4.69, 9.17) is 9.47 Å². The van der Waals surface area contributed by atoms with Gasteiger partial charge < -0.3 is 14.8 Å². The summed E-state index contributed by atoms with van der Waals surface area (Å²) < 4.78 is 11.6. The van der Waals surface area contributed by atoms with E-state index in [2.05, 4.69) is 33.3 Å². The predicted molar refractivity (Wildman–Crippen MR) is 92.2 cm³/mol. The van der Waals surface area contributed by atoms with Crippen LogP contribution >= 0.6 is 0 Å². The van der Waals surface area contributed by atoms with Gasteiger partial charge in [-0.15, -0.1) is 0 Å². The topological polar surface area (TPSA) is 69.2 Å². The second kappa shape index (κ2) is 6.26. The second-order valence-corrected chi connectivity index (χ2v) is 6.98. The van der Waals surface area contributed by atoms with E-state index in [9.17, 15) is 0 Å². The van der Waals surface area contributed by atoms with E-state index in [1.165, 1.54) is 0 Å². The van der Waals surface area contributed by atoms with Crippen LogP contribution in [0.2, 0.25) is 0 Å². The molecule has 24 heavy (non-hydrogen) atoms. The van der Waals surface area contributed by atoms with Gasteiger partial charge in [-0.25, -0.2) is 15.0 Å². The van der Waals surface area contributed by atoms with Crippen LogP contribution in [0.15, 0.2) is 12.4 Å². The molecule has 0 saturated carbocycles. The van der Waals surface area contributed by atoms with Gasteiger partial charge in [0.2, 0.25) is 0 Å². The van der Waals surface area contributed by atoms with Gasteiger partial charge in [0.25, 0.3) is 0 Å². The van der Waals surface area contributed by atoms with Gasteiger partial charge in [0, 0.05) is 31.6 Å². The summed E-state index contributed by atoms with van der Waals surface area (Å²) >= 11 is 0. The molecule has 2 fully saturated rings. The van der Waals surface area contributed by atoms with Crippen LogP contribution in [0, 0.1) is 13.8 Å². The molecule has 128 valence electrons. The molecule has 1 atom stereocenters.